The van der Waals surface area contributed by atoms with Gasteiger partial charge in [-0.05, 0) is 12.1 Å². The molecule has 3 rings (SSSR count). The molecule has 0 atom stereocenters. The first-order chi connectivity index (χ1) is 11.5. The van der Waals surface area contributed by atoms with E-state index in [1.165, 1.54) is 22.8 Å². The predicted molar refractivity (Wildman–Crippen MR) is 93.5 cm³/mol. The molecule has 1 saturated heterocycles. The number of para-hydroxylation sites is 1. The largest absolute Gasteiger partial charge is 0.369 e. The first kappa shape index (κ1) is 16.9. The normalized spacial score (nSPS) is 16.5. The number of hydrogen-bond acceptors (Lipinski definition) is 5. The first-order valence-corrected chi connectivity index (χ1v) is 9.53. The van der Waals surface area contributed by atoms with E-state index in [9.17, 15) is 8.42 Å². The highest BCUT2D eigenvalue weighted by atomic mass is 32.2. The maximum absolute atomic E-state index is 12.1. The number of hydrogen-bond donors (Lipinski definition) is 1. The Morgan fingerprint density at radius 1 is 1.12 bits per heavy atom. The van der Waals surface area contributed by atoms with Gasteiger partial charge >= 0.3 is 0 Å². The number of nitrogens with one attached hydrogen (secondary N) is 1. The molecule has 1 fully saturated rings. The minimum Gasteiger partial charge on any atom is -0.369 e. The van der Waals surface area contributed by atoms with Crippen molar-refractivity contribution >= 4 is 15.7 Å². The van der Waals surface area contributed by atoms with Crippen molar-refractivity contribution in [2.75, 3.05) is 44.2 Å². The van der Waals surface area contributed by atoms with Gasteiger partial charge in [0, 0.05) is 58.2 Å². The smallest absolute Gasteiger partial charge is 0.243 e. The van der Waals surface area contributed by atoms with Crippen LogP contribution in [0.5, 0.6) is 0 Å². The highest BCUT2D eigenvalue weighted by Crippen LogP contribution is 2.15. The van der Waals surface area contributed by atoms with Gasteiger partial charge in [-0.1, -0.05) is 18.2 Å². The van der Waals surface area contributed by atoms with Crippen LogP contribution in [-0.4, -0.2) is 62.4 Å². The van der Waals surface area contributed by atoms with Gasteiger partial charge in [-0.3, -0.25) is 9.58 Å². The van der Waals surface area contributed by atoms with Gasteiger partial charge in [0.1, 0.15) is 4.90 Å². The number of nitrogens with zero attached hydrogens (tertiary/aromatic N) is 4. The van der Waals surface area contributed by atoms with E-state index >= 15 is 0 Å². The molecule has 1 N–H and O–H groups in total. The number of benzene rings is 1. The first-order valence-electron chi connectivity index (χ1n) is 8.05. The molecule has 7 nitrogen and oxygen atoms in total. The average Bonchev–Trinajstić information content (AvgIpc) is 3.04. The third-order valence-electron chi connectivity index (χ3n) is 4.21. The zero-order valence-corrected chi connectivity index (χ0v) is 14.6. The second-order valence-corrected chi connectivity index (χ2v) is 7.68. The van der Waals surface area contributed by atoms with E-state index in [4.69, 9.17) is 0 Å². The van der Waals surface area contributed by atoms with Crippen LogP contribution in [0, 0.1) is 0 Å². The minimum atomic E-state index is -3.46. The van der Waals surface area contributed by atoms with Gasteiger partial charge in [0.05, 0.1) is 6.20 Å². The molecule has 1 aliphatic heterocycles. The van der Waals surface area contributed by atoms with Gasteiger partial charge in [0.2, 0.25) is 10.0 Å². The Balaban J connectivity index is 1.44. The summed E-state index contributed by atoms with van der Waals surface area (Å²) in [4.78, 5) is 4.85. The predicted octanol–water partition coefficient (Wildman–Crippen LogP) is 0.521. The summed E-state index contributed by atoms with van der Waals surface area (Å²) in [5, 5.41) is 3.90. The zero-order valence-electron chi connectivity index (χ0n) is 13.8. The number of sulfonamides is 1. The van der Waals surface area contributed by atoms with Crippen molar-refractivity contribution in [2.45, 2.75) is 4.90 Å². The van der Waals surface area contributed by atoms with Crippen LogP contribution in [0.4, 0.5) is 5.69 Å². The van der Waals surface area contributed by atoms with Crippen LogP contribution in [0.15, 0.2) is 47.6 Å². The quantitative estimate of drug-likeness (QED) is 0.823. The summed E-state index contributed by atoms with van der Waals surface area (Å²) in [6.45, 7) is 4.90. The van der Waals surface area contributed by atoms with E-state index in [-0.39, 0.29) is 4.90 Å². The Labute approximate surface area is 142 Å². The molecule has 24 heavy (non-hydrogen) atoms. The lowest BCUT2D eigenvalue weighted by Gasteiger charge is -2.36. The van der Waals surface area contributed by atoms with Crippen LogP contribution < -0.4 is 9.62 Å². The maximum atomic E-state index is 12.1. The lowest BCUT2D eigenvalue weighted by Crippen LogP contribution is -2.48. The summed E-state index contributed by atoms with van der Waals surface area (Å²) < 4.78 is 28.4. The molecule has 0 bridgehead atoms. The lowest BCUT2D eigenvalue weighted by molar-refractivity contribution is 0.262. The Morgan fingerprint density at radius 3 is 2.46 bits per heavy atom. The fraction of sp³-hybridized carbons (Fsp3) is 0.438. The van der Waals surface area contributed by atoms with E-state index in [0.29, 0.717) is 13.1 Å². The third kappa shape index (κ3) is 4.14. The molecular formula is C16H23N5O2S. The maximum Gasteiger partial charge on any atom is 0.243 e. The van der Waals surface area contributed by atoms with Gasteiger partial charge in [-0.15, -0.1) is 0 Å². The van der Waals surface area contributed by atoms with Gasteiger partial charge < -0.3 is 4.90 Å². The lowest BCUT2D eigenvalue weighted by atomic mass is 10.2. The van der Waals surface area contributed by atoms with Crippen molar-refractivity contribution in [3.05, 3.63) is 42.7 Å². The third-order valence-corrected chi connectivity index (χ3v) is 5.62. The molecule has 0 amide bonds. The summed E-state index contributed by atoms with van der Waals surface area (Å²) >= 11 is 0. The van der Waals surface area contributed by atoms with Crippen molar-refractivity contribution < 1.29 is 8.42 Å². The van der Waals surface area contributed by atoms with Gasteiger partial charge in [0.15, 0.2) is 0 Å². The Bertz CT molecular complexity index is 752. The Hall–Kier alpha value is -1.90. The van der Waals surface area contributed by atoms with Crippen molar-refractivity contribution in [3.63, 3.8) is 0 Å². The monoisotopic (exact) mass is 349 g/mol. The number of anilines is 1. The molecule has 130 valence electrons. The molecule has 8 heteroatoms. The molecule has 0 saturated carbocycles. The van der Waals surface area contributed by atoms with Crippen LogP contribution in [0.2, 0.25) is 0 Å². The highest BCUT2D eigenvalue weighted by Gasteiger charge is 2.19. The summed E-state index contributed by atoms with van der Waals surface area (Å²) in [5.74, 6) is 0. The molecule has 1 aromatic carbocycles. The Morgan fingerprint density at radius 2 is 1.83 bits per heavy atom. The minimum absolute atomic E-state index is 0.207. The molecular weight excluding hydrogens is 326 g/mol. The van der Waals surface area contributed by atoms with Crippen LogP contribution in [0.25, 0.3) is 0 Å². The fourth-order valence-corrected chi connectivity index (χ4v) is 3.83. The number of piperazine rings is 1. The van der Waals surface area contributed by atoms with E-state index in [1.54, 1.807) is 7.05 Å². The molecule has 0 aliphatic carbocycles. The molecule has 0 radical (unpaired) electrons. The van der Waals surface area contributed by atoms with Gasteiger partial charge in [-0.2, -0.15) is 5.10 Å². The SMILES string of the molecule is Cn1cc(S(=O)(=O)NCCN2CCN(c3ccccc3)CC2)cn1. The summed E-state index contributed by atoms with van der Waals surface area (Å²) in [6, 6.07) is 10.4. The number of aryl methyl sites for hydroxylation is 1. The van der Waals surface area contributed by atoms with E-state index in [2.05, 4.69) is 43.9 Å². The van der Waals surface area contributed by atoms with Crippen LogP contribution in [0.3, 0.4) is 0 Å². The van der Waals surface area contributed by atoms with E-state index < -0.39 is 10.0 Å². The summed E-state index contributed by atoms with van der Waals surface area (Å²) in [5.41, 5.74) is 1.24. The molecule has 2 aromatic rings. The molecule has 1 aliphatic rings. The van der Waals surface area contributed by atoms with Crippen molar-refractivity contribution in [1.29, 1.82) is 0 Å². The standard InChI is InChI=1S/C16H23N5O2S/c1-19-14-16(13-17-19)24(22,23)18-7-8-20-9-11-21(12-10-20)15-5-3-2-4-6-15/h2-6,13-14,18H,7-12H2,1H3. The van der Waals surface area contributed by atoms with Crippen molar-refractivity contribution in [1.82, 2.24) is 19.4 Å². The topological polar surface area (TPSA) is 70.5 Å². The van der Waals surface area contributed by atoms with Crippen LogP contribution >= 0.6 is 0 Å². The van der Waals surface area contributed by atoms with Crippen molar-refractivity contribution in [3.8, 4) is 0 Å². The molecule has 0 spiro atoms. The van der Waals surface area contributed by atoms with Gasteiger partial charge in [-0.25, -0.2) is 13.1 Å². The second-order valence-electron chi connectivity index (χ2n) is 5.91. The van der Waals surface area contributed by atoms with E-state index in [0.717, 1.165) is 26.2 Å². The summed E-state index contributed by atoms with van der Waals surface area (Å²) in [6.07, 6.45) is 2.86. The highest BCUT2D eigenvalue weighted by molar-refractivity contribution is 7.89. The zero-order chi connectivity index (χ0) is 17.0. The van der Waals surface area contributed by atoms with Crippen LogP contribution in [0.1, 0.15) is 0 Å². The Kier molecular flexibility index (Phi) is 5.17. The number of rotatable bonds is 6. The molecule has 0 unspecified atom stereocenters. The summed E-state index contributed by atoms with van der Waals surface area (Å²) in [7, 11) is -1.76. The number of aromatic nitrogens is 2. The van der Waals surface area contributed by atoms with Gasteiger partial charge in [0.25, 0.3) is 0 Å². The second kappa shape index (κ2) is 7.33. The fourth-order valence-electron chi connectivity index (χ4n) is 2.83. The average molecular weight is 349 g/mol. The van der Waals surface area contributed by atoms with Crippen molar-refractivity contribution in [2.24, 2.45) is 7.05 Å². The molecule has 1 aromatic heterocycles. The van der Waals surface area contributed by atoms with E-state index in [1.807, 2.05) is 6.07 Å². The van der Waals surface area contributed by atoms with Crippen LogP contribution in [-0.2, 0) is 17.1 Å². The molecule has 2 heterocycles.